The predicted molar refractivity (Wildman–Crippen MR) is 64.4 cm³/mol. The molecule has 1 saturated carbocycles. The van der Waals surface area contributed by atoms with Crippen LogP contribution in [0.25, 0.3) is 0 Å². The molecule has 0 aliphatic heterocycles. The molecule has 1 fully saturated rings. The van der Waals surface area contributed by atoms with Crippen LogP contribution < -0.4 is 5.32 Å². The molecule has 0 aromatic carbocycles. The van der Waals surface area contributed by atoms with Gasteiger partial charge in [0.25, 0.3) is 0 Å². The number of alkyl halides is 3. The van der Waals surface area contributed by atoms with Crippen LogP contribution in [0.2, 0.25) is 0 Å². The van der Waals surface area contributed by atoms with E-state index in [0.717, 1.165) is 18.9 Å². The molecule has 1 aliphatic carbocycles. The van der Waals surface area contributed by atoms with Crippen molar-refractivity contribution in [2.24, 2.45) is 0 Å². The van der Waals surface area contributed by atoms with Crippen LogP contribution in [0.15, 0.2) is 17.6 Å². The fourth-order valence-corrected chi connectivity index (χ4v) is 2.16. The minimum Gasteiger partial charge on any atom is -0.300 e. The van der Waals surface area contributed by atoms with E-state index in [0.29, 0.717) is 10.8 Å². The largest absolute Gasteiger partial charge is 0.433 e. The fraction of sp³-hybridized carbons (Fsp3) is 0.364. The van der Waals surface area contributed by atoms with Crippen molar-refractivity contribution in [1.29, 1.82) is 0 Å². The van der Waals surface area contributed by atoms with Gasteiger partial charge in [0.15, 0.2) is 5.13 Å². The van der Waals surface area contributed by atoms with Crippen molar-refractivity contribution >= 4 is 22.4 Å². The van der Waals surface area contributed by atoms with Crippen molar-refractivity contribution in [3.63, 3.8) is 0 Å². The third-order valence-corrected chi connectivity index (χ3v) is 3.37. The van der Waals surface area contributed by atoms with Gasteiger partial charge < -0.3 is 5.32 Å². The summed E-state index contributed by atoms with van der Waals surface area (Å²) in [5.41, 5.74) is -0.468. The summed E-state index contributed by atoms with van der Waals surface area (Å²) in [6.45, 7) is 0. The van der Waals surface area contributed by atoms with E-state index in [4.69, 9.17) is 0 Å². The zero-order chi connectivity index (χ0) is 13.5. The molecule has 100 valence electrons. The Bertz CT molecular complexity index is 578. The van der Waals surface area contributed by atoms with Crippen molar-refractivity contribution < 1.29 is 13.2 Å². The monoisotopic (exact) mass is 286 g/mol. The number of nitrogens with zero attached hydrogens (tertiary/aromatic N) is 3. The second-order valence-electron chi connectivity index (χ2n) is 4.24. The van der Waals surface area contributed by atoms with Gasteiger partial charge in [-0.25, -0.2) is 15.0 Å². The molecule has 1 aliphatic rings. The number of thiazole rings is 1. The number of rotatable bonds is 3. The molecule has 1 N–H and O–H groups in total. The summed E-state index contributed by atoms with van der Waals surface area (Å²) in [7, 11) is 0. The number of hydrogen-bond donors (Lipinski definition) is 1. The summed E-state index contributed by atoms with van der Waals surface area (Å²) in [4.78, 5) is 11.6. The first-order valence-electron chi connectivity index (χ1n) is 5.65. The molecule has 0 bridgehead atoms. The molecule has 0 spiro atoms. The maximum Gasteiger partial charge on any atom is 0.433 e. The fourth-order valence-electron chi connectivity index (χ4n) is 1.64. The van der Waals surface area contributed by atoms with Crippen LogP contribution in [0.3, 0.4) is 0 Å². The second kappa shape index (κ2) is 4.44. The average Bonchev–Trinajstić information content (AvgIpc) is 3.08. The molecule has 0 saturated heterocycles. The van der Waals surface area contributed by atoms with E-state index in [1.54, 1.807) is 11.6 Å². The van der Waals surface area contributed by atoms with Gasteiger partial charge in [0, 0.05) is 23.2 Å². The van der Waals surface area contributed by atoms with E-state index in [1.165, 1.54) is 11.3 Å². The maximum atomic E-state index is 12.8. The highest BCUT2D eigenvalue weighted by atomic mass is 32.1. The van der Waals surface area contributed by atoms with Gasteiger partial charge in [-0.15, -0.1) is 11.3 Å². The SMILES string of the molecule is FC(F)(F)c1cc(C2CC2)nc(Nc2nccs2)n1. The molecule has 19 heavy (non-hydrogen) atoms. The lowest BCUT2D eigenvalue weighted by Gasteiger charge is -2.10. The first-order valence-corrected chi connectivity index (χ1v) is 6.53. The quantitative estimate of drug-likeness (QED) is 0.937. The molecule has 3 rings (SSSR count). The van der Waals surface area contributed by atoms with Crippen LogP contribution in [0.1, 0.15) is 30.1 Å². The van der Waals surface area contributed by atoms with Crippen molar-refractivity contribution in [3.8, 4) is 0 Å². The molecule has 2 aromatic rings. The number of nitrogens with one attached hydrogen (secondary N) is 1. The third-order valence-electron chi connectivity index (χ3n) is 2.68. The molecule has 0 unspecified atom stereocenters. The topological polar surface area (TPSA) is 50.7 Å². The highest BCUT2D eigenvalue weighted by Gasteiger charge is 2.36. The standard InChI is InChI=1S/C11H9F3N4S/c12-11(13,14)8-5-7(6-1-2-6)16-9(17-8)18-10-15-3-4-19-10/h3-6H,1-2H2,(H,15,16,17,18). The number of anilines is 2. The van der Waals surface area contributed by atoms with Gasteiger partial charge in [-0.2, -0.15) is 13.2 Å². The van der Waals surface area contributed by atoms with Crippen molar-refractivity contribution in [2.45, 2.75) is 24.9 Å². The molecule has 0 radical (unpaired) electrons. The maximum absolute atomic E-state index is 12.8. The number of hydrogen-bond acceptors (Lipinski definition) is 5. The van der Waals surface area contributed by atoms with E-state index in [2.05, 4.69) is 20.3 Å². The molecular weight excluding hydrogens is 277 g/mol. The zero-order valence-electron chi connectivity index (χ0n) is 9.61. The average molecular weight is 286 g/mol. The Kier molecular flexibility index (Phi) is 2.89. The Labute approximate surface area is 110 Å². The summed E-state index contributed by atoms with van der Waals surface area (Å²) in [6.07, 6.45) is -1.15. The lowest BCUT2D eigenvalue weighted by atomic mass is 10.2. The van der Waals surface area contributed by atoms with Gasteiger partial charge in [-0.3, -0.25) is 0 Å². The van der Waals surface area contributed by atoms with E-state index >= 15 is 0 Å². The summed E-state index contributed by atoms with van der Waals surface area (Å²) < 4.78 is 38.3. The summed E-state index contributed by atoms with van der Waals surface area (Å²) >= 11 is 1.28. The number of halogens is 3. The summed E-state index contributed by atoms with van der Waals surface area (Å²) in [6, 6.07) is 1.03. The molecule has 2 aromatic heterocycles. The Morgan fingerprint density at radius 2 is 2.05 bits per heavy atom. The van der Waals surface area contributed by atoms with Crippen LogP contribution >= 0.6 is 11.3 Å². The van der Waals surface area contributed by atoms with Crippen LogP contribution in [0.4, 0.5) is 24.3 Å². The Balaban J connectivity index is 1.96. The van der Waals surface area contributed by atoms with E-state index < -0.39 is 11.9 Å². The minimum atomic E-state index is -4.47. The lowest BCUT2D eigenvalue weighted by Crippen LogP contribution is -2.12. The lowest BCUT2D eigenvalue weighted by molar-refractivity contribution is -0.141. The van der Waals surface area contributed by atoms with Crippen LogP contribution in [-0.4, -0.2) is 15.0 Å². The Morgan fingerprint density at radius 1 is 1.26 bits per heavy atom. The van der Waals surface area contributed by atoms with Crippen LogP contribution in [0.5, 0.6) is 0 Å². The van der Waals surface area contributed by atoms with Crippen molar-refractivity contribution in [3.05, 3.63) is 29.0 Å². The molecule has 0 atom stereocenters. The number of aromatic nitrogens is 3. The zero-order valence-corrected chi connectivity index (χ0v) is 10.4. The first-order chi connectivity index (χ1) is 9.02. The van der Waals surface area contributed by atoms with Crippen molar-refractivity contribution in [1.82, 2.24) is 15.0 Å². The smallest absolute Gasteiger partial charge is 0.300 e. The predicted octanol–water partition coefficient (Wildman–Crippen LogP) is 3.57. The summed E-state index contributed by atoms with van der Waals surface area (Å²) in [5, 5.41) is 4.90. The van der Waals surface area contributed by atoms with Gasteiger partial charge >= 0.3 is 6.18 Å². The van der Waals surface area contributed by atoms with E-state index in [9.17, 15) is 13.2 Å². The first kappa shape index (κ1) is 12.3. The second-order valence-corrected chi connectivity index (χ2v) is 5.13. The van der Waals surface area contributed by atoms with Gasteiger partial charge in [-0.05, 0) is 18.9 Å². The van der Waals surface area contributed by atoms with E-state index in [1.807, 2.05) is 0 Å². The van der Waals surface area contributed by atoms with E-state index in [-0.39, 0.29) is 11.9 Å². The van der Waals surface area contributed by atoms with Gasteiger partial charge in [0.05, 0.1) is 0 Å². The highest BCUT2D eigenvalue weighted by molar-refractivity contribution is 7.13. The molecule has 2 heterocycles. The molecule has 4 nitrogen and oxygen atoms in total. The summed E-state index contributed by atoms with van der Waals surface area (Å²) in [5.74, 6) is 0.0765. The third kappa shape index (κ3) is 2.83. The minimum absolute atomic E-state index is 0.0494. The molecule has 0 amide bonds. The van der Waals surface area contributed by atoms with Gasteiger partial charge in [0.2, 0.25) is 5.95 Å². The highest BCUT2D eigenvalue weighted by Crippen LogP contribution is 2.41. The Hall–Kier alpha value is -1.70. The molecule has 8 heteroatoms. The normalized spacial score (nSPS) is 15.5. The molecular formula is C11H9F3N4S. The Morgan fingerprint density at radius 3 is 2.63 bits per heavy atom. The van der Waals surface area contributed by atoms with Crippen molar-refractivity contribution in [2.75, 3.05) is 5.32 Å². The van der Waals surface area contributed by atoms with Gasteiger partial charge in [0.1, 0.15) is 5.69 Å². The van der Waals surface area contributed by atoms with Gasteiger partial charge in [-0.1, -0.05) is 0 Å². The van der Waals surface area contributed by atoms with Crippen LogP contribution in [0, 0.1) is 0 Å². The van der Waals surface area contributed by atoms with Crippen LogP contribution in [-0.2, 0) is 6.18 Å².